The van der Waals surface area contributed by atoms with Crippen LogP contribution in [0, 0.1) is 0 Å². The molecule has 1 atom stereocenters. The molecule has 0 aromatic rings. The molecule has 102 valence electrons. The van der Waals surface area contributed by atoms with Crippen LogP contribution in [-0.2, 0) is 24.5 Å². The van der Waals surface area contributed by atoms with Crippen LogP contribution in [-0.4, -0.2) is 59.5 Å². The second-order valence-electron chi connectivity index (χ2n) is 3.19. The second-order valence-corrected chi connectivity index (χ2v) is 4.78. The number of aliphatic carboxylic acids is 1. The van der Waals surface area contributed by atoms with E-state index in [-0.39, 0.29) is 26.1 Å². The van der Waals surface area contributed by atoms with Crippen molar-refractivity contribution in [1.82, 2.24) is 9.44 Å². The molecular weight excluding hydrogens is 252 g/mol. The van der Waals surface area contributed by atoms with E-state index in [1.54, 1.807) is 0 Å². The van der Waals surface area contributed by atoms with Crippen molar-refractivity contribution in [1.29, 1.82) is 0 Å². The molecular formula is C8H18N2O6S. The molecule has 1 unspecified atom stereocenters. The average molecular weight is 270 g/mol. The number of nitrogens with one attached hydrogen (secondary N) is 2. The van der Waals surface area contributed by atoms with Gasteiger partial charge in [-0.3, -0.25) is 4.79 Å². The number of carbonyl (C=O) groups is 1. The summed E-state index contributed by atoms with van der Waals surface area (Å²) in [5.41, 5.74) is 0. The monoisotopic (exact) mass is 270 g/mol. The number of hydrogen-bond acceptors (Lipinski definition) is 5. The van der Waals surface area contributed by atoms with E-state index >= 15 is 0 Å². The summed E-state index contributed by atoms with van der Waals surface area (Å²) in [6.07, 6.45) is -0.969. The van der Waals surface area contributed by atoms with E-state index in [1.165, 1.54) is 14.2 Å². The molecule has 0 aliphatic heterocycles. The normalized spacial score (nSPS) is 13.5. The first-order valence-electron chi connectivity index (χ1n) is 4.89. The zero-order valence-corrected chi connectivity index (χ0v) is 10.6. The summed E-state index contributed by atoms with van der Waals surface area (Å²) in [4.78, 5) is 10.4. The molecule has 0 aliphatic carbocycles. The Balaban J connectivity index is 4.01. The number of carboxylic acid groups (broad SMARTS) is 1. The van der Waals surface area contributed by atoms with Crippen molar-refractivity contribution < 1.29 is 27.8 Å². The van der Waals surface area contributed by atoms with Crippen LogP contribution in [0.15, 0.2) is 0 Å². The minimum Gasteiger partial charge on any atom is -0.481 e. The third kappa shape index (κ3) is 9.01. The van der Waals surface area contributed by atoms with E-state index < -0.39 is 22.3 Å². The fourth-order valence-electron chi connectivity index (χ4n) is 0.965. The molecule has 0 aromatic heterocycles. The van der Waals surface area contributed by atoms with Gasteiger partial charge < -0.3 is 14.6 Å². The molecule has 0 heterocycles. The maximum atomic E-state index is 11.3. The minimum absolute atomic E-state index is 0.106. The van der Waals surface area contributed by atoms with E-state index in [0.717, 1.165) is 0 Å². The predicted octanol–water partition coefficient (Wildman–Crippen LogP) is -1.45. The zero-order chi connectivity index (χ0) is 13.3. The predicted molar refractivity (Wildman–Crippen MR) is 59.9 cm³/mol. The molecule has 0 aliphatic rings. The SMILES string of the molecule is COCCNS(=O)(=O)NCC(CC(=O)O)OC. The summed E-state index contributed by atoms with van der Waals surface area (Å²) in [5, 5.41) is 8.53. The van der Waals surface area contributed by atoms with Crippen molar-refractivity contribution in [3.8, 4) is 0 Å². The number of methoxy groups -OCH3 is 2. The Labute approximate surface area is 100 Å². The minimum atomic E-state index is -3.65. The van der Waals surface area contributed by atoms with E-state index in [1.807, 2.05) is 0 Å². The van der Waals surface area contributed by atoms with Gasteiger partial charge in [-0.15, -0.1) is 0 Å². The number of rotatable bonds is 10. The van der Waals surface area contributed by atoms with Crippen molar-refractivity contribution in [3.63, 3.8) is 0 Å². The molecule has 0 saturated heterocycles. The highest BCUT2D eigenvalue weighted by atomic mass is 32.2. The van der Waals surface area contributed by atoms with Crippen LogP contribution in [0.4, 0.5) is 0 Å². The summed E-state index contributed by atoms with van der Waals surface area (Å²) >= 11 is 0. The van der Waals surface area contributed by atoms with Gasteiger partial charge in [-0.05, 0) is 0 Å². The smallest absolute Gasteiger partial charge is 0.306 e. The average Bonchev–Trinajstić information content (AvgIpc) is 2.24. The van der Waals surface area contributed by atoms with Gasteiger partial charge in [0.1, 0.15) is 0 Å². The zero-order valence-electron chi connectivity index (χ0n) is 9.80. The first-order valence-corrected chi connectivity index (χ1v) is 6.37. The van der Waals surface area contributed by atoms with Crippen LogP contribution in [0.2, 0.25) is 0 Å². The van der Waals surface area contributed by atoms with Gasteiger partial charge in [0.25, 0.3) is 10.2 Å². The van der Waals surface area contributed by atoms with E-state index in [0.29, 0.717) is 0 Å². The van der Waals surface area contributed by atoms with Crippen molar-refractivity contribution in [2.24, 2.45) is 0 Å². The first-order chi connectivity index (χ1) is 7.91. The molecule has 8 nitrogen and oxygen atoms in total. The second kappa shape index (κ2) is 8.37. The highest BCUT2D eigenvalue weighted by Crippen LogP contribution is 1.96. The molecule has 0 amide bonds. The van der Waals surface area contributed by atoms with Crippen LogP contribution in [0.25, 0.3) is 0 Å². The quantitative estimate of drug-likeness (QED) is 0.418. The molecule has 0 saturated carbocycles. The molecule has 0 rings (SSSR count). The molecule has 0 bridgehead atoms. The molecule has 0 spiro atoms. The van der Waals surface area contributed by atoms with Crippen LogP contribution >= 0.6 is 0 Å². The van der Waals surface area contributed by atoms with Gasteiger partial charge in [0.15, 0.2) is 0 Å². The lowest BCUT2D eigenvalue weighted by molar-refractivity contribution is -0.139. The van der Waals surface area contributed by atoms with Gasteiger partial charge in [0.05, 0.1) is 19.1 Å². The lowest BCUT2D eigenvalue weighted by Crippen LogP contribution is -2.42. The van der Waals surface area contributed by atoms with Crippen molar-refractivity contribution in [2.75, 3.05) is 33.9 Å². The van der Waals surface area contributed by atoms with Crippen LogP contribution in [0.1, 0.15) is 6.42 Å². The summed E-state index contributed by atoms with van der Waals surface area (Å²) in [6, 6.07) is 0. The fourth-order valence-corrected chi connectivity index (χ4v) is 1.82. The molecule has 0 aromatic carbocycles. The Morgan fingerprint density at radius 2 is 2.00 bits per heavy atom. The van der Waals surface area contributed by atoms with Crippen LogP contribution in [0.3, 0.4) is 0 Å². The van der Waals surface area contributed by atoms with E-state index in [4.69, 9.17) is 9.84 Å². The van der Waals surface area contributed by atoms with Gasteiger partial charge in [-0.1, -0.05) is 0 Å². The van der Waals surface area contributed by atoms with Gasteiger partial charge in [-0.2, -0.15) is 17.9 Å². The topological polar surface area (TPSA) is 114 Å². The summed E-state index contributed by atoms with van der Waals surface area (Å²) in [5.74, 6) is -1.05. The summed E-state index contributed by atoms with van der Waals surface area (Å²) < 4.78 is 36.6. The highest BCUT2D eigenvalue weighted by Gasteiger charge is 2.16. The lowest BCUT2D eigenvalue weighted by atomic mass is 10.2. The van der Waals surface area contributed by atoms with Crippen molar-refractivity contribution in [3.05, 3.63) is 0 Å². The van der Waals surface area contributed by atoms with Gasteiger partial charge >= 0.3 is 5.97 Å². The summed E-state index contributed by atoms with van der Waals surface area (Å²) in [6.45, 7) is 0.289. The largest absolute Gasteiger partial charge is 0.481 e. The maximum Gasteiger partial charge on any atom is 0.306 e. The molecule has 0 radical (unpaired) electrons. The third-order valence-corrected chi connectivity index (χ3v) is 2.97. The third-order valence-electron chi connectivity index (χ3n) is 1.83. The molecule has 0 fully saturated rings. The molecule has 17 heavy (non-hydrogen) atoms. The Morgan fingerprint density at radius 1 is 1.35 bits per heavy atom. The Bertz CT molecular complexity index is 318. The Morgan fingerprint density at radius 3 is 2.47 bits per heavy atom. The number of carboxylic acids is 1. The van der Waals surface area contributed by atoms with Crippen LogP contribution in [0.5, 0.6) is 0 Å². The Hall–Kier alpha value is -0.740. The van der Waals surface area contributed by atoms with Crippen LogP contribution < -0.4 is 9.44 Å². The van der Waals surface area contributed by atoms with Crippen molar-refractivity contribution in [2.45, 2.75) is 12.5 Å². The lowest BCUT2D eigenvalue weighted by Gasteiger charge is -2.14. The number of hydrogen-bond donors (Lipinski definition) is 3. The standard InChI is InChI=1S/C8H18N2O6S/c1-15-4-3-9-17(13,14)10-6-7(16-2)5-8(11)12/h7,9-10H,3-6H2,1-2H3,(H,11,12). The van der Waals surface area contributed by atoms with Gasteiger partial charge in [0.2, 0.25) is 0 Å². The van der Waals surface area contributed by atoms with E-state index in [2.05, 4.69) is 14.2 Å². The summed E-state index contributed by atoms with van der Waals surface area (Å²) in [7, 11) is -0.874. The van der Waals surface area contributed by atoms with Gasteiger partial charge in [0, 0.05) is 27.3 Å². The highest BCUT2D eigenvalue weighted by molar-refractivity contribution is 7.87. The van der Waals surface area contributed by atoms with Crippen molar-refractivity contribution >= 4 is 16.2 Å². The Kier molecular flexibility index (Phi) is 8.00. The molecule has 9 heteroatoms. The maximum absolute atomic E-state index is 11.3. The van der Waals surface area contributed by atoms with E-state index in [9.17, 15) is 13.2 Å². The first kappa shape index (κ1) is 16.3. The number of ether oxygens (including phenoxy) is 2. The fraction of sp³-hybridized carbons (Fsp3) is 0.875. The van der Waals surface area contributed by atoms with Gasteiger partial charge in [-0.25, -0.2) is 0 Å². The molecule has 3 N–H and O–H groups in total.